The minimum absolute atomic E-state index is 0.103. The van der Waals surface area contributed by atoms with Crippen molar-refractivity contribution in [1.29, 1.82) is 0 Å². The van der Waals surface area contributed by atoms with Crippen molar-refractivity contribution >= 4 is 11.9 Å². The lowest BCUT2D eigenvalue weighted by atomic mass is 10.1. The van der Waals surface area contributed by atoms with Crippen molar-refractivity contribution in [2.45, 2.75) is 25.8 Å². The number of benzene rings is 1. The number of rotatable bonds is 5. The molecular weight excluding hydrogens is 262 g/mol. The number of carboxylic acid groups (broad SMARTS) is 1. The van der Waals surface area contributed by atoms with Gasteiger partial charge in [0.2, 0.25) is 0 Å². The zero-order valence-corrected chi connectivity index (χ0v) is 11.2. The van der Waals surface area contributed by atoms with Crippen LogP contribution in [0.2, 0.25) is 0 Å². The van der Waals surface area contributed by atoms with Crippen LogP contribution in [0.5, 0.6) is 11.5 Å². The van der Waals surface area contributed by atoms with Gasteiger partial charge in [-0.3, -0.25) is 9.59 Å². The Kier molecular flexibility index (Phi) is 4.45. The number of carboxylic acids is 1. The normalized spacial score (nSPS) is 14.4. The molecular formula is C14H17NO5. The van der Waals surface area contributed by atoms with E-state index >= 15 is 0 Å². The highest BCUT2D eigenvalue weighted by atomic mass is 16.6. The SMILES string of the molecule is CCC(CC(=O)O)NC(=O)c1cccc2c1OCCO2. The molecule has 0 saturated carbocycles. The zero-order valence-electron chi connectivity index (χ0n) is 11.2. The molecule has 0 saturated heterocycles. The minimum atomic E-state index is -0.938. The Bertz CT molecular complexity index is 514. The van der Waals surface area contributed by atoms with E-state index in [-0.39, 0.29) is 12.3 Å². The second-order valence-electron chi connectivity index (χ2n) is 4.51. The van der Waals surface area contributed by atoms with Crippen molar-refractivity contribution in [3.63, 3.8) is 0 Å². The van der Waals surface area contributed by atoms with Crippen LogP contribution in [0, 0.1) is 0 Å². The highest BCUT2D eigenvalue weighted by Gasteiger charge is 2.22. The van der Waals surface area contributed by atoms with E-state index in [2.05, 4.69) is 5.32 Å². The molecule has 20 heavy (non-hydrogen) atoms. The largest absolute Gasteiger partial charge is 0.486 e. The average Bonchev–Trinajstić information content (AvgIpc) is 2.45. The van der Waals surface area contributed by atoms with Crippen molar-refractivity contribution in [2.24, 2.45) is 0 Å². The van der Waals surface area contributed by atoms with Crippen LogP contribution in [0.25, 0.3) is 0 Å². The van der Waals surface area contributed by atoms with Gasteiger partial charge in [-0.25, -0.2) is 0 Å². The first kappa shape index (κ1) is 14.2. The van der Waals surface area contributed by atoms with Crippen molar-refractivity contribution in [1.82, 2.24) is 5.32 Å². The van der Waals surface area contributed by atoms with E-state index in [0.29, 0.717) is 36.7 Å². The summed E-state index contributed by atoms with van der Waals surface area (Å²) in [5, 5.41) is 11.5. The number of aliphatic carboxylic acids is 1. The monoisotopic (exact) mass is 279 g/mol. The van der Waals surface area contributed by atoms with Gasteiger partial charge in [0.25, 0.3) is 5.91 Å². The second-order valence-corrected chi connectivity index (χ2v) is 4.51. The molecule has 6 heteroatoms. The summed E-state index contributed by atoms with van der Waals surface area (Å²) in [7, 11) is 0. The van der Waals surface area contributed by atoms with Gasteiger partial charge in [-0.15, -0.1) is 0 Å². The molecule has 1 unspecified atom stereocenters. The summed E-state index contributed by atoms with van der Waals surface area (Å²) < 4.78 is 10.9. The van der Waals surface area contributed by atoms with Crippen molar-refractivity contribution in [3.8, 4) is 11.5 Å². The molecule has 0 fully saturated rings. The van der Waals surface area contributed by atoms with E-state index in [1.807, 2.05) is 6.92 Å². The summed E-state index contributed by atoms with van der Waals surface area (Å²) >= 11 is 0. The van der Waals surface area contributed by atoms with Crippen molar-refractivity contribution in [3.05, 3.63) is 23.8 Å². The van der Waals surface area contributed by atoms with E-state index in [0.717, 1.165) is 0 Å². The summed E-state index contributed by atoms with van der Waals surface area (Å²) in [4.78, 5) is 23.0. The van der Waals surface area contributed by atoms with E-state index in [4.69, 9.17) is 14.6 Å². The number of fused-ring (bicyclic) bond motifs is 1. The van der Waals surface area contributed by atoms with Crippen LogP contribution in [-0.4, -0.2) is 36.2 Å². The standard InChI is InChI=1S/C14H17NO5/c1-2-9(8-12(16)17)15-14(18)10-4-3-5-11-13(10)20-7-6-19-11/h3-5,9H,2,6-8H2,1H3,(H,15,18)(H,16,17). The summed E-state index contributed by atoms with van der Waals surface area (Å²) in [5.41, 5.74) is 0.367. The fourth-order valence-electron chi connectivity index (χ4n) is 2.02. The summed E-state index contributed by atoms with van der Waals surface area (Å²) in [5.74, 6) is -0.330. The first-order valence-electron chi connectivity index (χ1n) is 6.53. The number of ether oxygens (including phenoxy) is 2. The topological polar surface area (TPSA) is 84.9 Å². The van der Waals surface area contributed by atoms with Gasteiger partial charge in [0, 0.05) is 6.04 Å². The third-order valence-electron chi connectivity index (χ3n) is 3.06. The molecule has 1 aromatic rings. The number of hydrogen-bond acceptors (Lipinski definition) is 4. The first-order chi connectivity index (χ1) is 9.61. The lowest BCUT2D eigenvalue weighted by molar-refractivity contribution is -0.137. The van der Waals surface area contributed by atoms with E-state index in [1.54, 1.807) is 18.2 Å². The van der Waals surface area contributed by atoms with Crippen molar-refractivity contribution < 1.29 is 24.2 Å². The highest BCUT2D eigenvalue weighted by Crippen LogP contribution is 2.33. The number of hydrogen-bond donors (Lipinski definition) is 2. The minimum Gasteiger partial charge on any atom is -0.486 e. The summed E-state index contributed by atoms with van der Waals surface area (Å²) in [6.07, 6.45) is 0.443. The molecule has 6 nitrogen and oxygen atoms in total. The molecule has 0 aliphatic carbocycles. The van der Waals surface area contributed by atoms with Gasteiger partial charge in [-0.1, -0.05) is 13.0 Å². The van der Waals surface area contributed by atoms with Crippen LogP contribution >= 0.6 is 0 Å². The fourth-order valence-corrected chi connectivity index (χ4v) is 2.02. The van der Waals surface area contributed by atoms with E-state index in [1.165, 1.54) is 0 Å². The van der Waals surface area contributed by atoms with Gasteiger partial charge in [-0.05, 0) is 18.6 Å². The van der Waals surface area contributed by atoms with Crippen LogP contribution in [0.3, 0.4) is 0 Å². The molecule has 1 aliphatic heterocycles. The lowest BCUT2D eigenvalue weighted by Crippen LogP contribution is -2.36. The van der Waals surface area contributed by atoms with Crippen LogP contribution in [0.15, 0.2) is 18.2 Å². The maximum atomic E-state index is 12.2. The average molecular weight is 279 g/mol. The van der Waals surface area contributed by atoms with E-state index in [9.17, 15) is 9.59 Å². The Balaban J connectivity index is 2.14. The highest BCUT2D eigenvalue weighted by molar-refractivity contribution is 5.98. The van der Waals surface area contributed by atoms with Gasteiger partial charge >= 0.3 is 5.97 Å². The Morgan fingerprint density at radius 2 is 2.10 bits per heavy atom. The maximum absolute atomic E-state index is 12.2. The predicted octanol–water partition coefficient (Wildman–Crippen LogP) is 1.44. The number of para-hydroxylation sites is 1. The zero-order chi connectivity index (χ0) is 14.5. The predicted molar refractivity (Wildman–Crippen MR) is 71.2 cm³/mol. The molecule has 108 valence electrons. The van der Waals surface area contributed by atoms with Crippen LogP contribution in [-0.2, 0) is 4.79 Å². The Hall–Kier alpha value is -2.24. The molecule has 0 aromatic heterocycles. The molecule has 0 spiro atoms. The Morgan fingerprint density at radius 3 is 2.80 bits per heavy atom. The second kappa shape index (κ2) is 6.27. The summed E-state index contributed by atoms with van der Waals surface area (Å²) in [6, 6.07) is 4.68. The summed E-state index contributed by atoms with van der Waals surface area (Å²) in [6.45, 7) is 2.67. The Labute approximate surface area is 116 Å². The van der Waals surface area contributed by atoms with Gasteiger partial charge in [-0.2, -0.15) is 0 Å². The molecule has 1 aliphatic rings. The molecule has 0 bridgehead atoms. The molecule has 1 heterocycles. The first-order valence-corrected chi connectivity index (χ1v) is 6.53. The fraction of sp³-hybridized carbons (Fsp3) is 0.429. The Morgan fingerprint density at radius 1 is 1.35 bits per heavy atom. The van der Waals surface area contributed by atoms with E-state index < -0.39 is 12.0 Å². The van der Waals surface area contributed by atoms with Gasteiger partial charge in [0.15, 0.2) is 11.5 Å². The van der Waals surface area contributed by atoms with Crippen LogP contribution in [0.1, 0.15) is 30.1 Å². The molecule has 1 amide bonds. The number of carbonyl (C=O) groups is 2. The number of amides is 1. The number of nitrogens with one attached hydrogen (secondary N) is 1. The smallest absolute Gasteiger partial charge is 0.305 e. The third-order valence-corrected chi connectivity index (χ3v) is 3.06. The molecule has 2 rings (SSSR count). The van der Waals surface area contributed by atoms with Gasteiger partial charge < -0.3 is 19.9 Å². The quantitative estimate of drug-likeness (QED) is 0.852. The third kappa shape index (κ3) is 3.20. The van der Waals surface area contributed by atoms with Crippen LogP contribution in [0.4, 0.5) is 0 Å². The number of carbonyl (C=O) groups excluding carboxylic acids is 1. The van der Waals surface area contributed by atoms with Crippen molar-refractivity contribution in [2.75, 3.05) is 13.2 Å². The molecule has 1 atom stereocenters. The molecule has 0 radical (unpaired) electrons. The molecule has 2 N–H and O–H groups in total. The van der Waals surface area contributed by atoms with Crippen LogP contribution < -0.4 is 14.8 Å². The maximum Gasteiger partial charge on any atom is 0.305 e. The lowest BCUT2D eigenvalue weighted by Gasteiger charge is -2.21. The molecule has 1 aromatic carbocycles. The van der Waals surface area contributed by atoms with Gasteiger partial charge in [0.1, 0.15) is 13.2 Å². The van der Waals surface area contributed by atoms with Gasteiger partial charge in [0.05, 0.1) is 12.0 Å².